The van der Waals surface area contributed by atoms with Crippen LogP contribution in [-0.2, 0) is 0 Å². The largest absolute Gasteiger partial charge is 0.494 e. The Hall–Kier alpha value is -1.58. The Morgan fingerprint density at radius 2 is 1.81 bits per heavy atom. The topological polar surface area (TPSA) is 21.3 Å². The number of hydrogen-bond donors (Lipinski definition) is 1. The second-order valence-corrected chi connectivity index (χ2v) is 5.27. The van der Waals surface area contributed by atoms with Crippen LogP contribution in [0.1, 0.15) is 30.5 Å². The molecule has 0 saturated heterocycles. The lowest BCUT2D eigenvalue weighted by Crippen LogP contribution is -2.23. The summed E-state index contributed by atoms with van der Waals surface area (Å²) in [6.07, 6.45) is 1.02. The van der Waals surface area contributed by atoms with Crippen LogP contribution < -0.4 is 10.1 Å². The third kappa shape index (κ3) is 3.96. The van der Waals surface area contributed by atoms with E-state index in [0.717, 1.165) is 24.1 Å². The molecule has 0 radical (unpaired) electrons. The Labute approximate surface area is 129 Å². The monoisotopic (exact) mass is 307 g/mol. The smallest absolute Gasteiger partial charge is 0.165 e. The van der Waals surface area contributed by atoms with Gasteiger partial charge in [0, 0.05) is 5.02 Å². The summed E-state index contributed by atoms with van der Waals surface area (Å²) in [6.45, 7) is 2.98. The van der Waals surface area contributed by atoms with Crippen molar-refractivity contribution in [1.29, 1.82) is 0 Å². The van der Waals surface area contributed by atoms with Crippen LogP contribution in [0.2, 0.25) is 5.02 Å². The number of nitrogens with one attached hydrogen (secondary N) is 1. The van der Waals surface area contributed by atoms with Gasteiger partial charge in [0.05, 0.1) is 13.2 Å². The van der Waals surface area contributed by atoms with Gasteiger partial charge in [-0.05, 0) is 48.4 Å². The van der Waals surface area contributed by atoms with E-state index in [2.05, 4.69) is 12.2 Å². The molecule has 0 aliphatic heterocycles. The summed E-state index contributed by atoms with van der Waals surface area (Å²) in [5, 5.41) is 4.17. The van der Waals surface area contributed by atoms with Gasteiger partial charge in [-0.1, -0.05) is 36.7 Å². The Balaban J connectivity index is 2.37. The van der Waals surface area contributed by atoms with Gasteiger partial charge in [-0.25, -0.2) is 4.39 Å². The molecule has 0 aliphatic carbocycles. The maximum Gasteiger partial charge on any atom is 0.165 e. The molecule has 0 aliphatic rings. The fourth-order valence-corrected chi connectivity index (χ4v) is 2.35. The summed E-state index contributed by atoms with van der Waals surface area (Å²) >= 11 is 5.95. The highest BCUT2D eigenvalue weighted by atomic mass is 35.5. The molecule has 112 valence electrons. The summed E-state index contributed by atoms with van der Waals surface area (Å²) in [7, 11) is 1.47. The number of rotatable bonds is 6. The Kier molecular flexibility index (Phi) is 5.59. The second-order valence-electron chi connectivity index (χ2n) is 4.83. The van der Waals surface area contributed by atoms with Gasteiger partial charge in [0.2, 0.25) is 0 Å². The van der Waals surface area contributed by atoms with Crippen molar-refractivity contribution in [2.45, 2.75) is 19.4 Å². The number of methoxy groups -OCH3 is 1. The number of benzene rings is 2. The first-order valence-corrected chi connectivity index (χ1v) is 7.35. The molecule has 21 heavy (non-hydrogen) atoms. The van der Waals surface area contributed by atoms with E-state index in [-0.39, 0.29) is 17.6 Å². The van der Waals surface area contributed by atoms with Crippen LogP contribution in [0.25, 0.3) is 0 Å². The van der Waals surface area contributed by atoms with Gasteiger partial charge >= 0.3 is 0 Å². The molecular weight excluding hydrogens is 289 g/mol. The number of ether oxygens (including phenoxy) is 1. The van der Waals surface area contributed by atoms with E-state index in [0.29, 0.717) is 5.02 Å². The quantitative estimate of drug-likeness (QED) is 0.843. The highest BCUT2D eigenvalue weighted by molar-refractivity contribution is 6.30. The molecule has 0 bridgehead atoms. The number of hydrogen-bond acceptors (Lipinski definition) is 2. The highest BCUT2D eigenvalue weighted by Crippen LogP contribution is 2.28. The molecule has 0 spiro atoms. The lowest BCUT2D eigenvalue weighted by molar-refractivity contribution is 0.385. The minimum atomic E-state index is -0.355. The van der Waals surface area contributed by atoms with Crippen molar-refractivity contribution in [3.8, 4) is 5.75 Å². The summed E-state index contributed by atoms with van der Waals surface area (Å²) in [5.41, 5.74) is 2.05. The maximum absolute atomic E-state index is 13.6. The average Bonchev–Trinajstić information content (AvgIpc) is 2.50. The van der Waals surface area contributed by atoms with Crippen molar-refractivity contribution in [3.05, 3.63) is 64.4 Å². The van der Waals surface area contributed by atoms with Crippen LogP contribution >= 0.6 is 11.6 Å². The lowest BCUT2D eigenvalue weighted by atomic mass is 9.98. The summed E-state index contributed by atoms with van der Waals surface area (Å²) in [6, 6.07) is 12.6. The maximum atomic E-state index is 13.6. The first-order valence-electron chi connectivity index (χ1n) is 6.98. The fourth-order valence-electron chi connectivity index (χ4n) is 2.23. The van der Waals surface area contributed by atoms with E-state index in [4.69, 9.17) is 16.3 Å². The van der Waals surface area contributed by atoms with Crippen LogP contribution in [0.5, 0.6) is 5.75 Å². The molecule has 1 N–H and O–H groups in total. The molecule has 1 atom stereocenters. The molecular formula is C17H19ClFNO. The van der Waals surface area contributed by atoms with Gasteiger partial charge < -0.3 is 10.1 Å². The van der Waals surface area contributed by atoms with Crippen molar-refractivity contribution < 1.29 is 9.13 Å². The van der Waals surface area contributed by atoms with Gasteiger partial charge in [0.15, 0.2) is 11.6 Å². The summed E-state index contributed by atoms with van der Waals surface area (Å²) < 4.78 is 18.6. The Bertz CT molecular complexity index is 586. The SMILES string of the molecule is CCCNC(c1ccc(Cl)cc1)c1ccc(F)c(OC)c1. The molecule has 0 fully saturated rings. The second kappa shape index (κ2) is 7.43. The average molecular weight is 308 g/mol. The van der Waals surface area contributed by atoms with Crippen LogP contribution in [0.4, 0.5) is 4.39 Å². The molecule has 0 aromatic heterocycles. The molecule has 2 aromatic rings. The molecule has 0 amide bonds. The molecule has 2 aromatic carbocycles. The third-order valence-corrected chi connectivity index (χ3v) is 3.56. The first kappa shape index (κ1) is 15.8. The van der Waals surface area contributed by atoms with Gasteiger partial charge in [-0.2, -0.15) is 0 Å². The highest BCUT2D eigenvalue weighted by Gasteiger charge is 2.15. The molecule has 0 saturated carbocycles. The Morgan fingerprint density at radius 1 is 1.14 bits per heavy atom. The predicted octanol–water partition coefficient (Wildman–Crippen LogP) is 4.58. The molecule has 2 rings (SSSR count). The lowest BCUT2D eigenvalue weighted by Gasteiger charge is -2.20. The van der Waals surface area contributed by atoms with Gasteiger partial charge in [0.1, 0.15) is 0 Å². The first-order chi connectivity index (χ1) is 10.2. The van der Waals surface area contributed by atoms with Crippen molar-refractivity contribution in [1.82, 2.24) is 5.32 Å². The minimum absolute atomic E-state index is 0.0169. The normalized spacial score (nSPS) is 12.2. The van der Waals surface area contributed by atoms with Crippen LogP contribution in [0.15, 0.2) is 42.5 Å². The van der Waals surface area contributed by atoms with Gasteiger partial charge in [-0.15, -0.1) is 0 Å². The van der Waals surface area contributed by atoms with Crippen molar-refractivity contribution >= 4 is 11.6 Å². The zero-order valence-electron chi connectivity index (χ0n) is 12.2. The van der Waals surface area contributed by atoms with Gasteiger partial charge in [-0.3, -0.25) is 0 Å². The van der Waals surface area contributed by atoms with Crippen molar-refractivity contribution in [2.75, 3.05) is 13.7 Å². The third-order valence-electron chi connectivity index (χ3n) is 3.31. The summed E-state index contributed by atoms with van der Waals surface area (Å²) in [4.78, 5) is 0. The zero-order chi connectivity index (χ0) is 15.2. The fraction of sp³-hybridized carbons (Fsp3) is 0.294. The van der Waals surface area contributed by atoms with E-state index in [1.807, 2.05) is 24.3 Å². The standard InChI is InChI=1S/C17H19ClFNO/c1-3-10-20-17(12-4-7-14(18)8-5-12)13-6-9-15(19)16(11-13)21-2/h4-9,11,17,20H,3,10H2,1-2H3. The Morgan fingerprint density at radius 3 is 2.43 bits per heavy atom. The van der Waals surface area contributed by atoms with Crippen LogP contribution in [0, 0.1) is 5.82 Å². The zero-order valence-corrected chi connectivity index (χ0v) is 13.0. The molecule has 2 nitrogen and oxygen atoms in total. The van der Waals surface area contributed by atoms with Crippen LogP contribution in [0.3, 0.4) is 0 Å². The summed E-state index contributed by atoms with van der Waals surface area (Å²) in [5.74, 6) is -0.101. The van der Waals surface area contributed by atoms with E-state index in [1.165, 1.54) is 13.2 Å². The molecule has 1 unspecified atom stereocenters. The molecule has 0 heterocycles. The minimum Gasteiger partial charge on any atom is -0.494 e. The number of halogens is 2. The van der Waals surface area contributed by atoms with Crippen molar-refractivity contribution in [2.24, 2.45) is 0 Å². The predicted molar refractivity (Wildman–Crippen MR) is 84.5 cm³/mol. The van der Waals surface area contributed by atoms with E-state index >= 15 is 0 Å². The van der Waals surface area contributed by atoms with Gasteiger partial charge in [0.25, 0.3) is 0 Å². The van der Waals surface area contributed by atoms with Crippen LogP contribution in [-0.4, -0.2) is 13.7 Å². The van der Waals surface area contributed by atoms with E-state index in [1.54, 1.807) is 12.1 Å². The van der Waals surface area contributed by atoms with E-state index < -0.39 is 0 Å². The van der Waals surface area contributed by atoms with Crippen molar-refractivity contribution in [3.63, 3.8) is 0 Å². The van der Waals surface area contributed by atoms with E-state index in [9.17, 15) is 4.39 Å². The molecule has 4 heteroatoms.